The molecule has 1 aromatic carbocycles. The molecule has 0 aliphatic carbocycles. The molecule has 16 heteroatoms. The van der Waals surface area contributed by atoms with Gasteiger partial charge < -0.3 is 45.3 Å². The topological polar surface area (TPSA) is 259 Å². The molecule has 0 fully saturated rings. The van der Waals surface area contributed by atoms with Crippen LogP contribution >= 0.6 is 15.2 Å². The van der Waals surface area contributed by atoms with Crippen molar-refractivity contribution in [1.29, 1.82) is 0 Å². The number of nitrogens with one attached hydrogen (secondary N) is 1. The third-order valence-corrected chi connectivity index (χ3v) is 6.60. The van der Waals surface area contributed by atoms with Crippen molar-refractivity contribution in [1.82, 2.24) is 15.3 Å². The first kappa shape index (κ1) is 33.1. The van der Waals surface area contributed by atoms with Gasteiger partial charge in [0.05, 0.1) is 23.8 Å². The van der Waals surface area contributed by atoms with Gasteiger partial charge in [-0.15, -0.1) is 0 Å². The van der Waals surface area contributed by atoms with E-state index in [0.717, 1.165) is 5.52 Å². The van der Waals surface area contributed by atoms with Crippen LogP contribution in [0, 0.1) is 0 Å². The zero-order chi connectivity index (χ0) is 18.5. The van der Waals surface area contributed by atoms with Gasteiger partial charge in [0.2, 0.25) is 5.88 Å². The summed E-state index contributed by atoms with van der Waals surface area (Å²) in [4.78, 5) is 46.2. The third kappa shape index (κ3) is 10.9. The summed E-state index contributed by atoms with van der Waals surface area (Å²) in [5.74, 6) is 0.346. The third-order valence-electron chi connectivity index (χ3n) is 3.20. The van der Waals surface area contributed by atoms with Crippen LogP contribution < -0.4 is 44.5 Å². The maximum Gasteiger partial charge on any atom is 1.00 e. The normalized spacial score (nSPS) is 13.5. The second-order valence-electron chi connectivity index (χ2n) is 5.23. The van der Waals surface area contributed by atoms with E-state index in [-0.39, 0.29) is 59.1 Å². The standard InChI is InChI=1S/C13H19N3O7P2.Na.3H2O/c17-24(18,19)13(25(20,21)22)14-7-3-4-8-23-12-9-15-10-5-1-2-6-11(10)16-12;;;;/h1-2,5-6,9,13-14H,3-4,7-8H2,(H2,17,18,19)(H2,20,21,22);;3*1H2/q;+1;;;/p-1. The minimum Gasteiger partial charge on any atom is -0.777 e. The van der Waals surface area contributed by atoms with Crippen molar-refractivity contribution in [3.05, 3.63) is 30.5 Å². The van der Waals surface area contributed by atoms with Crippen LogP contribution in [-0.2, 0) is 9.13 Å². The fourth-order valence-corrected chi connectivity index (χ4v) is 4.32. The molecule has 2 atom stereocenters. The van der Waals surface area contributed by atoms with Crippen LogP contribution in [-0.4, -0.2) is 59.8 Å². The summed E-state index contributed by atoms with van der Waals surface area (Å²) in [7, 11) is -10.2. The van der Waals surface area contributed by atoms with Crippen molar-refractivity contribution in [2.45, 2.75) is 18.4 Å². The average molecular weight is 467 g/mol. The SMILES string of the molecule is O.O.O.O=P([O-])(O)C(NCCCCOc1cnc2ccccc2n1)P(=O)(O)O.[Na+]. The van der Waals surface area contributed by atoms with Gasteiger partial charge in [-0.25, -0.2) is 9.97 Å². The Morgan fingerprint density at radius 1 is 1.07 bits per heavy atom. The summed E-state index contributed by atoms with van der Waals surface area (Å²) in [6.07, 6.45) is 2.34. The molecule has 162 valence electrons. The summed E-state index contributed by atoms with van der Waals surface area (Å²) in [5, 5.41) is 2.15. The molecule has 1 heterocycles. The quantitative estimate of drug-likeness (QED) is 0.155. The summed E-state index contributed by atoms with van der Waals surface area (Å²) >= 11 is 0. The minimum absolute atomic E-state index is 0. The number of hydrogen-bond acceptors (Lipinski definition) is 7. The van der Waals surface area contributed by atoms with Crippen molar-refractivity contribution in [3.8, 4) is 5.88 Å². The molecule has 0 bridgehead atoms. The van der Waals surface area contributed by atoms with Crippen LogP contribution in [0.4, 0.5) is 0 Å². The van der Waals surface area contributed by atoms with Gasteiger partial charge in [0.25, 0.3) is 0 Å². The van der Waals surface area contributed by atoms with Crippen LogP contribution in [0.1, 0.15) is 12.8 Å². The van der Waals surface area contributed by atoms with E-state index in [1.807, 2.05) is 18.2 Å². The number of aromatic nitrogens is 2. The number of ether oxygens (including phenoxy) is 1. The summed E-state index contributed by atoms with van der Waals surface area (Å²) in [6, 6.07) is 7.31. The fourth-order valence-electron chi connectivity index (χ4n) is 2.07. The van der Waals surface area contributed by atoms with Crippen LogP contribution in [0.15, 0.2) is 30.5 Å². The van der Waals surface area contributed by atoms with E-state index in [1.165, 1.54) is 6.20 Å². The Morgan fingerprint density at radius 3 is 2.21 bits per heavy atom. The molecule has 0 amide bonds. The number of para-hydroxylation sites is 2. The molecule has 2 aromatic rings. The Morgan fingerprint density at radius 2 is 1.66 bits per heavy atom. The Labute approximate surface area is 188 Å². The largest absolute Gasteiger partial charge is 1.00 e. The van der Waals surface area contributed by atoms with E-state index in [4.69, 9.17) is 19.4 Å². The zero-order valence-corrected chi connectivity index (χ0v) is 19.3. The molecule has 0 aliphatic heterocycles. The first-order valence-corrected chi connectivity index (χ1v) is 10.7. The number of nitrogens with zero attached hydrogens (tertiary/aromatic N) is 2. The van der Waals surface area contributed by atoms with Gasteiger partial charge in [0.15, 0.2) is 13.1 Å². The second-order valence-corrected chi connectivity index (χ2v) is 8.98. The van der Waals surface area contributed by atoms with Crippen LogP contribution in [0.3, 0.4) is 0 Å². The summed E-state index contributed by atoms with van der Waals surface area (Å²) in [5.41, 5.74) is -0.860. The number of benzene rings is 1. The van der Waals surface area contributed by atoms with Crippen LogP contribution in [0.25, 0.3) is 11.0 Å². The fraction of sp³-hybridized carbons (Fsp3) is 0.385. The van der Waals surface area contributed by atoms with Crippen molar-refractivity contribution in [2.75, 3.05) is 13.2 Å². The summed E-state index contributed by atoms with van der Waals surface area (Å²) < 4.78 is 27.5. The zero-order valence-electron chi connectivity index (χ0n) is 15.6. The van der Waals surface area contributed by atoms with Gasteiger partial charge in [-0.2, -0.15) is 0 Å². The second kappa shape index (κ2) is 14.5. The minimum atomic E-state index is -5.20. The maximum atomic E-state index is 11.0. The van der Waals surface area contributed by atoms with E-state index in [9.17, 15) is 14.0 Å². The number of fused-ring (bicyclic) bond motifs is 1. The molecule has 0 saturated carbocycles. The first-order chi connectivity index (χ1) is 11.7. The monoisotopic (exact) mass is 467 g/mol. The number of hydrogen-bond donors (Lipinski definition) is 4. The Kier molecular flexibility index (Phi) is 16.6. The van der Waals surface area contributed by atoms with Gasteiger partial charge in [0, 0.05) is 0 Å². The van der Waals surface area contributed by atoms with Crippen molar-refractivity contribution < 1.29 is 79.4 Å². The molecule has 13 nitrogen and oxygen atoms in total. The molecule has 2 unspecified atom stereocenters. The molecule has 10 N–H and O–H groups in total. The molecule has 0 spiro atoms. The van der Waals surface area contributed by atoms with Crippen molar-refractivity contribution in [3.63, 3.8) is 0 Å². The van der Waals surface area contributed by atoms with Gasteiger partial charge in [-0.3, -0.25) is 9.88 Å². The predicted molar refractivity (Wildman–Crippen MR) is 98.8 cm³/mol. The molecule has 29 heavy (non-hydrogen) atoms. The van der Waals surface area contributed by atoms with Crippen LogP contribution in [0.5, 0.6) is 5.88 Å². The Bertz CT molecular complexity index is 796. The van der Waals surface area contributed by atoms with Gasteiger partial charge in [-0.1, -0.05) is 12.1 Å². The molecular formula is C13H24N3NaO10P2. The Balaban J connectivity index is -0.00000169. The van der Waals surface area contributed by atoms with Gasteiger partial charge >= 0.3 is 37.2 Å². The maximum absolute atomic E-state index is 11.0. The van der Waals surface area contributed by atoms with E-state index in [0.29, 0.717) is 24.2 Å². The summed E-state index contributed by atoms with van der Waals surface area (Å²) in [6.45, 7) is 0.249. The molecular weight excluding hydrogens is 443 g/mol. The van der Waals surface area contributed by atoms with E-state index >= 15 is 0 Å². The van der Waals surface area contributed by atoms with Crippen LogP contribution in [0.2, 0.25) is 0 Å². The van der Waals surface area contributed by atoms with E-state index in [1.54, 1.807) is 6.07 Å². The molecule has 2 rings (SSSR count). The Hall–Kier alpha value is -0.500. The van der Waals surface area contributed by atoms with Crippen molar-refractivity contribution in [2.24, 2.45) is 0 Å². The number of rotatable bonds is 9. The van der Waals surface area contributed by atoms with Crippen molar-refractivity contribution >= 4 is 26.2 Å². The molecule has 0 saturated heterocycles. The molecule has 0 radical (unpaired) electrons. The van der Waals surface area contributed by atoms with Gasteiger partial charge in [-0.05, 0) is 31.5 Å². The molecule has 0 aliphatic rings. The smallest absolute Gasteiger partial charge is 0.777 e. The van der Waals surface area contributed by atoms with Gasteiger partial charge in [0.1, 0.15) is 0 Å². The first-order valence-electron chi connectivity index (χ1n) is 7.34. The average Bonchev–Trinajstić information content (AvgIpc) is 2.51. The van der Waals surface area contributed by atoms with E-state index in [2.05, 4.69) is 15.3 Å². The van der Waals surface area contributed by atoms with E-state index < -0.39 is 20.7 Å². The predicted octanol–water partition coefficient (Wildman–Crippen LogP) is -5.08. The molecule has 1 aromatic heterocycles. The number of unbranched alkanes of at least 4 members (excludes halogenated alkanes) is 1.